The van der Waals surface area contributed by atoms with E-state index in [1.54, 1.807) is 30.3 Å². The number of hydrogen-bond acceptors (Lipinski definition) is 5. The van der Waals surface area contributed by atoms with Crippen LogP contribution in [-0.2, 0) is 0 Å². The highest BCUT2D eigenvalue weighted by Crippen LogP contribution is 2.29. The average Bonchev–Trinajstić information content (AvgIpc) is 3.42. The van der Waals surface area contributed by atoms with Crippen LogP contribution in [0.4, 0.5) is 0 Å². The van der Waals surface area contributed by atoms with Crippen LogP contribution in [0.3, 0.4) is 0 Å². The number of carboxylic acids is 1. The van der Waals surface area contributed by atoms with E-state index in [4.69, 9.17) is 9.52 Å². The van der Waals surface area contributed by atoms with Gasteiger partial charge in [0.05, 0.1) is 16.8 Å². The lowest BCUT2D eigenvalue weighted by Gasteiger charge is -1.98. The van der Waals surface area contributed by atoms with Crippen molar-refractivity contribution in [3.63, 3.8) is 0 Å². The summed E-state index contributed by atoms with van der Waals surface area (Å²) in [7, 11) is 0. The summed E-state index contributed by atoms with van der Waals surface area (Å²) in [5.74, 6) is 0.139. The fraction of sp³-hybridized carbons (Fsp3) is 0. The van der Waals surface area contributed by atoms with E-state index in [0.717, 1.165) is 20.4 Å². The van der Waals surface area contributed by atoms with Crippen LogP contribution >= 0.6 is 33.9 Å². The summed E-state index contributed by atoms with van der Waals surface area (Å²) in [6.45, 7) is 0. The number of halogens is 1. The molecule has 1 N–H and O–H groups in total. The lowest BCUT2D eigenvalue weighted by Crippen LogP contribution is -1.94. The topological polar surface area (TPSA) is 87.1 Å². The van der Waals surface area contributed by atoms with Crippen molar-refractivity contribution in [3.8, 4) is 28.7 Å². The molecular formula is C23H13IN2O3S. The molecule has 0 unspecified atom stereocenters. The van der Waals surface area contributed by atoms with E-state index in [2.05, 4.69) is 33.6 Å². The molecule has 0 saturated heterocycles. The van der Waals surface area contributed by atoms with Crippen LogP contribution < -0.4 is 0 Å². The predicted molar refractivity (Wildman–Crippen MR) is 125 cm³/mol. The number of allylic oxidation sites excluding steroid dienone is 1. The number of carboxylic acid groups (broad SMARTS) is 1. The second-order valence-corrected chi connectivity index (χ2v) is 8.40. The summed E-state index contributed by atoms with van der Waals surface area (Å²) in [4.78, 5) is 15.6. The number of nitrogens with zero attached hydrogens (tertiary/aromatic N) is 2. The fourth-order valence-corrected chi connectivity index (χ4v) is 3.95. The minimum Gasteiger partial charge on any atom is -0.478 e. The molecule has 4 aromatic rings. The summed E-state index contributed by atoms with van der Waals surface area (Å²) in [5, 5.41) is 21.2. The third-order valence-electron chi connectivity index (χ3n) is 4.32. The van der Waals surface area contributed by atoms with Crippen molar-refractivity contribution in [1.82, 2.24) is 4.98 Å². The molecule has 4 rings (SSSR count). The SMILES string of the molecule is N#C/C(=C\c1ccc(-c2ccc(C(=O)O)cc2)o1)c1nc(-c2ccc(I)cc2)cs1. The van der Waals surface area contributed by atoms with E-state index in [9.17, 15) is 10.1 Å². The maximum atomic E-state index is 11.0. The number of carbonyl (C=O) groups is 1. The van der Waals surface area contributed by atoms with Crippen LogP contribution in [0.15, 0.2) is 70.5 Å². The Morgan fingerprint density at radius 3 is 2.43 bits per heavy atom. The fourth-order valence-electron chi connectivity index (χ4n) is 2.80. The maximum Gasteiger partial charge on any atom is 0.335 e. The molecule has 0 radical (unpaired) electrons. The van der Waals surface area contributed by atoms with Gasteiger partial charge in [-0.1, -0.05) is 24.3 Å². The van der Waals surface area contributed by atoms with E-state index in [-0.39, 0.29) is 5.56 Å². The van der Waals surface area contributed by atoms with Gasteiger partial charge in [0.2, 0.25) is 0 Å². The van der Waals surface area contributed by atoms with Gasteiger partial charge in [0, 0.05) is 26.2 Å². The molecule has 0 fully saturated rings. The molecule has 5 nitrogen and oxygen atoms in total. The number of rotatable bonds is 5. The summed E-state index contributed by atoms with van der Waals surface area (Å²) in [6.07, 6.45) is 1.66. The van der Waals surface area contributed by atoms with Crippen molar-refractivity contribution < 1.29 is 14.3 Å². The standard InChI is InChI=1S/C23H13IN2O3S/c24-18-7-5-14(6-8-18)20-13-30-22(26-20)17(12-25)11-19-9-10-21(29-19)15-1-3-16(4-2-15)23(27)28/h1-11,13H,(H,27,28)/b17-11+. The number of aromatic carboxylic acids is 1. The summed E-state index contributed by atoms with van der Waals surface area (Å²) in [6, 6.07) is 20.2. The molecule has 2 aromatic heterocycles. The molecule has 30 heavy (non-hydrogen) atoms. The normalized spacial score (nSPS) is 11.3. The van der Waals surface area contributed by atoms with Gasteiger partial charge in [-0.15, -0.1) is 11.3 Å². The van der Waals surface area contributed by atoms with Crippen molar-refractivity contribution >= 4 is 51.5 Å². The first-order chi connectivity index (χ1) is 14.5. The molecule has 2 aromatic carbocycles. The number of nitriles is 1. The Morgan fingerprint density at radius 2 is 1.77 bits per heavy atom. The number of thiazole rings is 1. The lowest BCUT2D eigenvalue weighted by molar-refractivity contribution is 0.0697. The average molecular weight is 524 g/mol. The number of furan rings is 1. The highest BCUT2D eigenvalue weighted by Gasteiger charge is 2.11. The van der Waals surface area contributed by atoms with E-state index in [1.807, 2.05) is 29.6 Å². The zero-order chi connectivity index (χ0) is 21.1. The molecule has 0 saturated carbocycles. The summed E-state index contributed by atoms with van der Waals surface area (Å²) < 4.78 is 6.98. The Morgan fingerprint density at radius 1 is 1.07 bits per heavy atom. The lowest BCUT2D eigenvalue weighted by atomic mass is 10.1. The maximum absolute atomic E-state index is 11.0. The molecule has 0 amide bonds. The first kappa shape index (κ1) is 20.1. The van der Waals surface area contributed by atoms with Gasteiger partial charge in [-0.05, 0) is 59.0 Å². The van der Waals surface area contributed by atoms with Crippen LogP contribution in [0.5, 0.6) is 0 Å². The van der Waals surface area contributed by atoms with E-state index in [1.165, 1.54) is 23.5 Å². The molecule has 7 heteroatoms. The van der Waals surface area contributed by atoms with Crippen molar-refractivity contribution in [3.05, 3.63) is 85.9 Å². The molecule has 0 spiro atoms. The van der Waals surface area contributed by atoms with E-state index >= 15 is 0 Å². The minimum absolute atomic E-state index is 0.213. The first-order valence-corrected chi connectivity index (χ1v) is 10.8. The van der Waals surface area contributed by atoms with Gasteiger partial charge in [-0.2, -0.15) is 5.26 Å². The van der Waals surface area contributed by atoms with Crippen LogP contribution in [0.1, 0.15) is 21.1 Å². The Hall–Kier alpha value is -3.22. The monoisotopic (exact) mass is 524 g/mol. The predicted octanol–water partition coefficient (Wildman–Crippen LogP) is 6.44. The smallest absolute Gasteiger partial charge is 0.335 e. The zero-order valence-corrected chi connectivity index (χ0v) is 18.3. The Labute approximate surface area is 190 Å². The van der Waals surface area contributed by atoms with Crippen LogP contribution in [0.25, 0.3) is 34.2 Å². The molecule has 2 heterocycles. The van der Waals surface area contributed by atoms with E-state index in [0.29, 0.717) is 22.1 Å². The molecule has 0 aliphatic heterocycles. The number of benzene rings is 2. The van der Waals surface area contributed by atoms with Gasteiger partial charge in [0.15, 0.2) is 0 Å². The van der Waals surface area contributed by atoms with Crippen molar-refractivity contribution in [2.24, 2.45) is 0 Å². The van der Waals surface area contributed by atoms with Gasteiger partial charge in [0.1, 0.15) is 22.6 Å². The number of aromatic nitrogens is 1. The van der Waals surface area contributed by atoms with Crippen molar-refractivity contribution in [2.45, 2.75) is 0 Å². The first-order valence-electron chi connectivity index (χ1n) is 8.81. The molecule has 0 aliphatic carbocycles. The second-order valence-electron chi connectivity index (χ2n) is 6.30. The van der Waals surface area contributed by atoms with Crippen molar-refractivity contribution in [1.29, 1.82) is 5.26 Å². The van der Waals surface area contributed by atoms with Gasteiger partial charge >= 0.3 is 5.97 Å². The largest absolute Gasteiger partial charge is 0.478 e. The second kappa shape index (κ2) is 8.65. The van der Waals surface area contributed by atoms with Gasteiger partial charge < -0.3 is 9.52 Å². The third-order valence-corrected chi connectivity index (χ3v) is 5.92. The van der Waals surface area contributed by atoms with Crippen LogP contribution in [-0.4, -0.2) is 16.1 Å². The Kier molecular flexibility index (Phi) is 5.79. The molecule has 146 valence electrons. The van der Waals surface area contributed by atoms with Crippen LogP contribution in [0.2, 0.25) is 0 Å². The van der Waals surface area contributed by atoms with Crippen LogP contribution in [0, 0.1) is 14.9 Å². The molecule has 0 aliphatic rings. The Bertz CT molecular complexity index is 1280. The number of hydrogen-bond donors (Lipinski definition) is 1. The summed E-state index contributed by atoms with van der Waals surface area (Å²) in [5.41, 5.74) is 3.21. The molecular weight excluding hydrogens is 511 g/mol. The molecule has 0 bridgehead atoms. The molecule has 0 atom stereocenters. The quantitative estimate of drug-likeness (QED) is 0.240. The van der Waals surface area contributed by atoms with Gasteiger partial charge in [0.25, 0.3) is 0 Å². The summed E-state index contributed by atoms with van der Waals surface area (Å²) >= 11 is 3.66. The van der Waals surface area contributed by atoms with Crippen molar-refractivity contribution in [2.75, 3.05) is 0 Å². The third kappa shape index (κ3) is 4.35. The Balaban J connectivity index is 1.59. The minimum atomic E-state index is -0.976. The van der Waals surface area contributed by atoms with E-state index < -0.39 is 5.97 Å². The van der Waals surface area contributed by atoms with Gasteiger partial charge in [-0.3, -0.25) is 0 Å². The zero-order valence-electron chi connectivity index (χ0n) is 15.4. The highest BCUT2D eigenvalue weighted by molar-refractivity contribution is 14.1. The highest BCUT2D eigenvalue weighted by atomic mass is 127. The van der Waals surface area contributed by atoms with Gasteiger partial charge in [-0.25, -0.2) is 9.78 Å².